The number of hydrogen-bond donors (Lipinski definition) is 2. The Bertz CT molecular complexity index is 1030. The minimum Gasteiger partial charge on any atom is -0.493 e. The van der Waals surface area contributed by atoms with E-state index in [1.165, 1.54) is 0 Å². The number of anilines is 1. The predicted molar refractivity (Wildman–Crippen MR) is 123 cm³/mol. The van der Waals surface area contributed by atoms with Crippen molar-refractivity contribution in [2.24, 2.45) is 5.92 Å². The monoisotopic (exact) mass is 441 g/mol. The number of amides is 1. The highest BCUT2D eigenvalue weighted by molar-refractivity contribution is 6.30. The Morgan fingerprint density at radius 2 is 2.03 bits per heavy atom. The average molecular weight is 442 g/mol. The summed E-state index contributed by atoms with van der Waals surface area (Å²) in [5.41, 5.74) is 3.13. The molecular formula is C23H28ClN5O2. The predicted octanol–water partition coefficient (Wildman–Crippen LogP) is 4.29. The van der Waals surface area contributed by atoms with Gasteiger partial charge in [-0.1, -0.05) is 31.5 Å². The number of halogens is 1. The van der Waals surface area contributed by atoms with Gasteiger partial charge in [-0.25, -0.2) is 4.98 Å². The van der Waals surface area contributed by atoms with Crippen LogP contribution in [-0.4, -0.2) is 34.3 Å². The molecule has 2 heterocycles. The van der Waals surface area contributed by atoms with Crippen LogP contribution in [0.1, 0.15) is 41.2 Å². The standard InChI is InChI=1S/C23H28ClN5O2/c1-15(2)14-31-21-7-6-19(24)10-18(21)13-29-16(3)9-20(28-29)23(30)27-22-8-5-17(11-25-4)12-26-22/h5-10,12,15,25H,11,13-14H2,1-4H3,(H,26,27,30). The van der Waals surface area contributed by atoms with E-state index in [9.17, 15) is 4.79 Å². The molecule has 1 aromatic carbocycles. The molecule has 0 saturated carbocycles. The molecular weight excluding hydrogens is 414 g/mol. The summed E-state index contributed by atoms with van der Waals surface area (Å²) in [5, 5.41) is 11.0. The molecule has 0 aliphatic carbocycles. The normalized spacial score (nSPS) is 11.0. The smallest absolute Gasteiger partial charge is 0.277 e. The molecule has 2 N–H and O–H groups in total. The number of nitrogens with one attached hydrogen (secondary N) is 2. The van der Waals surface area contributed by atoms with Crippen molar-refractivity contribution < 1.29 is 9.53 Å². The first kappa shape index (κ1) is 22.8. The number of aryl methyl sites for hydroxylation is 1. The van der Waals surface area contributed by atoms with E-state index in [0.29, 0.717) is 35.6 Å². The molecule has 0 atom stereocenters. The van der Waals surface area contributed by atoms with Crippen LogP contribution in [0.5, 0.6) is 5.75 Å². The van der Waals surface area contributed by atoms with Crippen LogP contribution in [0.2, 0.25) is 5.02 Å². The molecule has 2 aromatic heterocycles. The van der Waals surface area contributed by atoms with Gasteiger partial charge in [-0.2, -0.15) is 5.10 Å². The summed E-state index contributed by atoms with van der Waals surface area (Å²) in [6, 6.07) is 11.0. The Hall–Kier alpha value is -2.90. The number of rotatable bonds is 9. The highest BCUT2D eigenvalue weighted by atomic mass is 35.5. The Labute approximate surface area is 187 Å². The summed E-state index contributed by atoms with van der Waals surface area (Å²) in [4.78, 5) is 16.9. The van der Waals surface area contributed by atoms with Crippen LogP contribution in [0.15, 0.2) is 42.6 Å². The number of pyridine rings is 1. The van der Waals surface area contributed by atoms with Gasteiger partial charge in [0, 0.05) is 29.0 Å². The van der Waals surface area contributed by atoms with Gasteiger partial charge in [0.25, 0.3) is 5.91 Å². The molecule has 0 saturated heterocycles. The van der Waals surface area contributed by atoms with Crippen molar-refractivity contribution in [2.75, 3.05) is 19.0 Å². The van der Waals surface area contributed by atoms with Gasteiger partial charge in [-0.3, -0.25) is 9.48 Å². The van der Waals surface area contributed by atoms with Gasteiger partial charge >= 0.3 is 0 Å². The van der Waals surface area contributed by atoms with Crippen molar-refractivity contribution >= 4 is 23.3 Å². The van der Waals surface area contributed by atoms with Gasteiger partial charge in [0.2, 0.25) is 0 Å². The molecule has 0 bridgehead atoms. The summed E-state index contributed by atoms with van der Waals surface area (Å²) < 4.78 is 7.70. The molecule has 0 aliphatic heterocycles. The topological polar surface area (TPSA) is 81.1 Å². The second-order valence-electron chi connectivity index (χ2n) is 7.82. The van der Waals surface area contributed by atoms with Gasteiger partial charge in [0.1, 0.15) is 11.6 Å². The van der Waals surface area contributed by atoms with E-state index in [0.717, 1.165) is 29.1 Å². The number of aromatic nitrogens is 3. The van der Waals surface area contributed by atoms with E-state index < -0.39 is 0 Å². The number of ether oxygens (including phenoxy) is 1. The Morgan fingerprint density at radius 3 is 2.71 bits per heavy atom. The highest BCUT2D eigenvalue weighted by Crippen LogP contribution is 2.25. The van der Waals surface area contributed by atoms with Crippen LogP contribution in [0.4, 0.5) is 5.82 Å². The molecule has 31 heavy (non-hydrogen) atoms. The van der Waals surface area contributed by atoms with Crippen LogP contribution in [-0.2, 0) is 13.1 Å². The first-order valence-corrected chi connectivity index (χ1v) is 10.6. The zero-order chi connectivity index (χ0) is 22.4. The largest absolute Gasteiger partial charge is 0.493 e. The lowest BCUT2D eigenvalue weighted by molar-refractivity contribution is 0.102. The van der Waals surface area contributed by atoms with E-state index in [1.807, 2.05) is 38.2 Å². The number of nitrogens with zero attached hydrogens (tertiary/aromatic N) is 3. The van der Waals surface area contributed by atoms with E-state index >= 15 is 0 Å². The number of hydrogen-bond acceptors (Lipinski definition) is 5. The van der Waals surface area contributed by atoms with E-state index in [-0.39, 0.29) is 5.91 Å². The van der Waals surface area contributed by atoms with Gasteiger partial charge < -0.3 is 15.4 Å². The second kappa shape index (κ2) is 10.4. The van der Waals surface area contributed by atoms with Crippen molar-refractivity contribution in [3.63, 3.8) is 0 Å². The minimum absolute atomic E-state index is 0.307. The van der Waals surface area contributed by atoms with Crippen LogP contribution >= 0.6 is 11.6 Å². The molecule has 8 heteroatoms. The maximum Gasteiger partial charge on any atom is 0.277 e. The van der Waals surface area contributed by atoms with E-state index in [4.69, 9.17) is 16.3 Å². The van der Waals surface area contributed by atoms with Gasteiger partial charge in [0.05, 0.1) is 13.2 Å². The fraction of sp³-hybridized carbons (Fsp3) is 0.348. The molecule has 0 aliphatic rings. The first-order valence-electron chi connectivity index (χ1n) is 10.2. The maximum absolute atomic E-state index is 12.7. The lowest BCUT2D eigenvalue weighted by Crippen LogP contribution is -2.15. The summed E-state index contributed by atoms with van der Waals surface area (Å²) >= 11 is 6.20. The van der Waals surface area contributed by atoms with Crippen LogP contribution < -0.4 is 15.4 Å². The second-order valence-corrected chi connectivity index (χ2v) is 8.26. The Morgan fingerprint density at radius 1 is 1.23 bits per heavy atom. The third-order valence-corrected chi connectivity index (χ3v) is 4.81. The lowest BCUT2D eigenvalue weighted by Gasteiger charge is -2.14. The van der Waals surface area contributed by atoms with Crippen molar-refractivity contribution in [2.45, 2.75) is 33.9 Å². The highest BCUT2D eigenvalue weighted by Gasteiger charge is 2.15. The van der Waals surface area contributed by atoms with Crippen molar-refractivity contribution in [3.05, 3.63) is 70.1 Å². The lowest BCUT2D eigenvalue weighted by atomic mass is 10.2. The zero-order valence-corrected chi connectivity index (χ0v) is 19.0. The molecule has 3 aromatic rings. The fourth-order valence-electron chi connectivity index (χ4n) is 3.00. The van der Waals surface area contributed by atoms with E-state index in [2.05, 4.69) is 34.6 Å². The fourth-order valence-corrected chi connectivity index (χ4v) is 3.19. The van der Waals surface area contributed by atoms with Crippen molar-refractivity contribution in [1.82, 2.24) is 20.1 Å². The summed E-state index contributed by atoms with van der Waals surface area (Å²) in [5.74, 6) is 1.35. The molecule has 7 nitrogen and oxygen atoms in total. The van der Waals surface area contributed by atoms with Crippen LogP contribution in [0.3, 0.4) is 0 Å². The summed E-state index contributed by atoms with van der Waals surface area (Å²) in [6.45, 7) is 7.89. The first-order chi connectivity index (χ1) is 14.9. The molecule has 0 radical (unpaired) electrons. The van der Waals surface area contributed by atoms with Gasteiger partial charge in [-0.05, 0) is 55.8 Å². The summed E-state index contributed by atoms with van der Waals surface area (Å²) in [6.07, 6.45) is 1.73. The Balaban J connectivity index is 1.73. The van der Waals surface area contributed by atoms with Gasteiger partial charge in [0.15, 0.2) is 5.69 Å². The maximum atomic E-state index is 12.7. The Kier molecular flexibility index (Phi) is 7.65. The number of carbonyl (C=O) groups excluding carboxylic acids is 1. The quantitative estimate of drug-likeness (QED) is 0.517. The third kappa shape index (κ3) is 6.29. The van der Waals surface area contributed by atoms with Gasteiger partial charge in [-0.15, -0.1) is 0 Å². The number of benzene rings is 1. The number of carbonyl (C=O) groups is 1. The van der Waals surface area contributed by atoms with Crippen LogP contribution in [0, 0.1) is 12.8 Å². The van der Waals surface area contributed by atoms with Crippen LogP contribution in [0.25, 0.3) is 0 Å². The zero-order valence-electron chi connectivity index (χ0n) is 18.3. The molecule has 0 spiro atoms. The third-order valence-electron chi connectivity index (χ3n) is 4.58. The minimum atomic E-state index is -0.307. The molecule has 0 fully saturated rings. The van der Waals surface area contributed by atoms with Crippen molar-refractivity contribution in [3.8, 4) is 5.75 Å². The molecule has 164 valence electrons. The van der Waals surface area contributed by atoms with Crippen molar-refractivity contribution in [1.29, 1.82) is 0 Å². The van der Waals surface area contributed by atoms with E-state index in [1.54, 1.807) is 23.0 Å². The SMILES string of the molecule is CNCc1ccc(NC(=O)c2cc(C)n(Cc3cc(Cl)ccc3OCC(C)C)n2)nc1. The molecule has 0 unspecified atom stereocenters. The summed E-state index contributed by atoms with van der Waals surface area (Å²) in [7, 11) is 1.87. The molecule has 3 rings (SSSR count). The molecule has 1 amide bonds. The average Bonchev–Trinajstić information content (AvgIpc) is 3.09.